The Kier molecular flexibility index (Phi) is 6.56. The van der Waals surface area contributed by atoms with Gasteiger partial charge in [-0.1, -0.05) is 36.4 Å². The highest BCUT2D eigenvalue weighted by Gasteiger charge is 2.35. The Morgan fingerprint density at radius 3 is 2.44 bits per heavy atom. The number of rotatable bonds is 8. The molecule has 0 radical (unpaired) electrons. The molecule has 1 saturated heterocycles. The molecule has 5 rings (SSSR count). The maximum atomic E-state index is 13.0. The van der Waals surface area contributed by atoms with Gasteiger partial charge in [-0.2, -0.15) is 0 Å². The maximum absolute atomic E-state index is 13.0. The van der Waals surface area contributed by atoms with Crippen molar-refractivity contribution >= 4 is 29.1 Å². The summed E-state index contributed by atoms with van der Waals surface area (Å²) in [6.07, 6.45) is 2.95. The predicted molar refractivity (Wildman–Crippen MR) is 132 cm³/mol. The number of fused-ring (bicyclic) bond motifs is 1. The van der Waals surface area contributed by atoms with Crippen LogP contribution in [0.5, 0.6) is 0 Å². The molecule has 0 saturated carbocycles. The highest BCUT2D eigenvalue weighted by molar-refractivity contribution is 7.10. The lowest BCUT2D eigenvalue weighted by Crippen LogP contribution is -2.36. The second kappa shape index (κ2) is 9.91. The van der Waals surface area contributed by atoms with Gasteiger partial charge in [0.05, 0.1) is 17.2 Å². The number of hydrogen-bond acceptors (Lipinski definition) is 5. The summed E-state index contributed by atoms with van der Waals surface area (Å²) in [7, 11) is 0. The van der Waals surface area contributed by atoms with Crippen LogP contribution in [0.2, 0.25) is 0 Å². The number of nitrogens with zero attached hydrogens (tertiary/aromatic N) is 2. The third kappa shape index (κ3) is 4.54. The van der Waals surface area contributed by atoms with Crippen LogP contribution < -0.4 is 5.32 Å². The summed E-state index contributed by atoms with van der Waals surface area (Å²) in [5.41, 5.74) is 2.14. The molecule has 0 bridgehead atoms. The van der Waals surface area contributed by atoms with Crippen LogP contribution in [-0.2, 0) is 6.42 Å². The largest absolute Gasteiger partial charge is 0.350 e. The van der Waals surface area contributed by atoms with Crippen molar-refractivity contribution in [3.63, 3.8) is 0 Å². The molecular weight excluding hydrogens is 446 g/mol. The third-order valence-electron chi connectivity index (χ3n) is 6.61. The minimum Gasteiger partial charge on any atom is -0.350 e. The number of benzene rings is 2. The van der Waals surface area contributed by atoms with Gasteiger partial charge in [-0.05, 0) is 67.6 Å². The molecule has 0 aliphatic carbocycles. The van der Waals surface area contributed by atoms with Gasteiger partial charge in [0.2, 0.25) is 0 Å². The minimum atomic E-state index is -0.334. The van der Waals surface area contributed by atoms with Crippen molar-refractivity contribution in [2.45, 2.75) is 25.3 Å². The molecule has 7 heteroatoms. The zero-order chi connectivity index (χ0) is 23.5. The van der Waals surface area contributed by atoms with E-state index < -0.39 is 0 Å². The molecule has 6 nitrogen and oxygen atoms in total. The van der Waals surface area contributed by atoms with E-state index in [-0.39, 0.29) is 23.8 Å². The highest BCUT2D eigenvalue weighted by atomic mass is 32.1. The number of nitrogens with one attached hydrogen (secondary N) is 1. The first-order valence-electron chi connectivity index (χ1n) is 11.7. The Labute approximate surface area is 203 Å². The van der Waals surface area contributed by atoms with E-state index in [0.29, 0.717) is 36.2 Å². The van der Waals surface area contributed by atoms with Crippen LogP contribution >= 0.6 is 11.3 Å². The number of hydrogen-bond donors (Lipinski definition) is 1. The van der Waals surface area contributed by atoms with Crippen molar-refractivity contribution in [1.82, 2.24) is 15.1 Å². The molecule has 174 valence electrons. The molecule has 3 heterocycles. The van der Waals surface area contributed by atoms with E-state index in [4.69, 9.17) is 0 Å². The zero-order valence-corrected chi connectivity index (χ0v) is 19.7. The van der Waals surface area contributed by atoms with Crippen molar-refractivity contribution < 1.29 is 14.4 Å². The first-order valence-corrected chi connectivity index (χ1v) is 12.6. The summed E-state index contributed by atoms with van der Waals surface area (Å²) in [6.45, 7) is 2.89. The molecule has 1 unspecified atom stereocenters. The van der Waals surface area contributed by atoms with Crippen LogP contribution in [-0.4, -0.2) is 53.7 Å². The number of carbonyl (C=O) groups is 3. The minimum absolute atomic E-state index is 0.151. The molecular formula is C27H27N3O3S. The van der Waals surface area contributed by atoms with Crippen molar-refractivity contribution in [2.24, 2.45) is 0 Å². The molecule has 34 heavy (non-hydrogen) atoms. The average Bonchev–Trinajstić information content (AvgIpc) is 3.63. The van der Waals surface area contributed by atoms with Gasteiger partial charge in [0.25, 0.3) is 17.7 Å². The fourth-order valence-electron chi connectivity index (χ4n) is 4.76. The molecule has 3 amide bonds. The van der Waals surface area contributed by atoms with Gasteiger partial charge in [-0.25, -0.2) is 0 Å². The first kappa shape index (κ1) is 22.5. The summed E-state index contributed by atoms with van der Waals surface area (Å²) in [5, 5.41) is 5.12. The van der Waals surface area contributed by atoms with Crippen LogP contribution in [0.3, 0.4) is 0 Å². The van der Waals surface area contributed by atoms with Crippen LogP contribution in [0.4, 0.5) is 0 Å². The quantitative estimate of drug-likeness (QED) is 0.499. The van der Waals surface area contributed by atoms with Crippen molar-refractivity contribution in [3.05, 3.63) is 93.2 Å². The second-order valence-corrected chi connectivity index (χ2v) is 9.72. The number of amides is 3. The Hall–Kier alpha value is -3.29. The highest BCUT2D eigenvalue weighted by Crippen LogP contribution is 2.28. The molecule has 2 aromatic carbocycles. The van der Waals surface area contributed by atoms with Crippen molar-refractivity contribution in [2.75, 3.05) is 26.2 Å². The molecule has 1 aromatic heterocycles. The molecule has 1 N–H and O–H groups in total. The Balaban J connectivity index is 1.26. The number of thiophene rings is 1. The SMILES string of the molecule is O=C(NCC(c1cccs1)N1CCCC1)c1ccc2c(c1)C(=O)N(CCc1ccccc1)C2=O. The standard InChI is InChI=1S/C27H27N3O3S/c31-25(28-18-23(24-9-6-16-34-24)29-13-4-5-14-29)20-10-11-21-22(17-20)27(33)30(26(21)32)15-12-19-7-2-1-3-8-19/h1-3,6-11,16-17,23H,4-5,12-15,18H2,(H,28,31). The van der Waals surface area contributed by atoms with Gasteiger partial charge in [0, 0.05) is 23.5 Å². The number of carbonyl (C=O) groups excluding carboxylic acids is 3. The average molecular weight is 474 g/mol. The lowest BCUT2D eigenvalue weighted by molar-refractivity contribution is 0.0656. The lowest BCUT2D eigenvalue weighted by Gasteiger charge is -2.27. The van der Waals surface area contributed by atoms with Crippen LogP contribution in [0, 0.1) is 0 Å². The molecule has 1 fully saturated rings. The summed E-state index contributed by atoms with van der Waals surface area (Å²) >= 11 is 1.70. The Morgan fingerprint density at radius 2 is 1.71 bits per heavy atom. The number of likely N-dealkylation sites (tertiary alicyclic amines) is 1. The van der Waals surface area contributed by atoms with Gasteiger partial charge < -0.3 is 5.32 Å². The van der Waals surface area contributed by atoms with E-state index >= 15 is 0 Å². The van der Waals surface area contributed by atoms with Crippen molar-refractivity contribution in [3.8, 4) is 0 Å². The van der Waals surface area contributed by atoms with E-state index in [9.17, 15) is 14.4 Å². The van der Waals surface area contributed by atoms with E-state index in [1.54, 1.807) is 29.5 Å². The summed E-state index contributed by atoms with van der Waals surface area (Å²) in [5.74, 6) is -0.861. The Bertz CT molecular complexity index is 1190. The second-order valence-electron chi connectivity index (χ2n) is 8.74. The Morgan fingerprint density at radius 1 is 0.941 bits per heavy atom. The van der Waals surface area contributed by atoms with Gasteiger partial charge in [-0.15, -0.1) is 11.3 Å². The topological polar surface area (TPSA) is 69.7 Å². The van der Waals surface area contributed by atoms with Crippen LogP contribution in [0.15, 0.2) is 66.0 Å². The molecule has 2 aliphatic rings. The number of imide groups is 1. The summed E-state index contributed by atoms with van der Waals surface area (Å²) in [6, 6.07) is 18.9. The van der Waals surface area contributed by atoms with E-state index in [0.717, 1.165) is 18.7 Å². The predicted octanol–water partition coefficient (Wildman–Crippen LogP) is 4.15. The van der Waals surface area contributed by atoms with E-state index in [2.05, 4.69) is 21.7 Å². The van der Waals surface area contributed by atoms with Gasteiger partial charge in [0.1, 0.15) is 0 Å². The van der Waals surface area contributed by atoms with Crippen LogP contribution in [0.25, 0.3) is 0 Å². The van der Waals surface area contributed by atoms with E-state index in [1.807, 2.05) is 36.4 Å². The fraction of sp³-hybridized carbons (Fsp3) is 0.296. The fourth-order valence-corrected chi connectivity index (χ4v) is 5.62. The molecule has 0 spiro atoms. The normalized spacial score (nSPS) is 16.6. The maximum Gasteiger partial charge on any atom is 0.261 e. The molecule has 1 atom stereocenters. The summed E-state index contributed by atoms with van der Waals surface area (Å²) in [4.78, 5) is 43.7. The first-order chi connectivity index (χ1) is 16.6. The lowest BCUT2D eigenvalue weighted by atomic mass is 10.1. The van der Waals surface area contributed by atoms with Crippen LogP contribution in [0.1, 0.15) is 60.4 Å². The van der Waals surface area contributed by atoms with E-state index in [1.165, 1.54) is 22.6 Å². The van der Waals surface area contributed by atoms with Gasteiger partial charge in [0.15, 0.2) is 0 Å². The summed E-state index contributed by atoms with van der Waals surface area (Å²) < 4.78 is 0. The smallest absolute Gasteiger partial charge is 0.261 e. The van der Waals surface area contributed by atoms with Crippen molar-refractivity contribution in [1.29, 1.82) is 0 Å². The van der Waals surface area contributed by atoms with Gasteiger partial charge >= 0.3 is 0 Å². The third-order valence-corrected chi connectivity index (χ3v) is 7.58. The molecule has 2 aliphatic heterocycles. The zero-order valence-electron chi connectivity index (χ0n) is 18.9. The molecule has 3 aromatic rings. The van der Waals surface area contributed by atoms with Gasteiger partial charge in [-0.3, -0.25) is 24.2 Å². The monoisotopic (exact) mass is 473 g/mol.